The molecule has 1 unspecified atom stereocenters. The molecule has 1 saturated carbocycles. The van der Waals surface area contributed by atoms with Crippen molar-refractivity contribution in [3.05, 3.63) is 0 Å². The van der Waals surface area contributed by atoms with Gasteiger partial charge in [0.05, 0.1) is 6.61 Å². The molecule has 0 saturated heterocycles. The lowest BCUT2D eigenvalue weighted by Crippen LogP contribution is -2.28. The maximum Gasteiger partial charge on any atom is 0.0587 e. The zero-order chi connectivity index (χ0) is 11.1. The van der Waals surface area contributed by atoms with E-state index in [9.17, 15) is 0 Å². The van der Waals surface area contributed by atoms with Gasteiger partial charge in [-0.2, -0.15) is 0 Å². The van der Waals surface area contributed by atoms with E-state index in [2.05, 4.69) is 19.2 Å². The Morgan fingerprint density at radius 3 is 2.67 bits per heavy atom. The van der Waals surface area contributed by atoms with Crippen molar-refractivity contribution in [2.45, 2.75) is 46.0 Å². The predicted octanol–water partition coefficient (Wildman–Crippen LogP) is 2.83. The maximum absolute atomic E-state index is 5.03. The number of rotatable bonds is 9. The first kappa shape index (κ1) is 13.0. The Morgan fingerprint density at radius 1 is 1.40 bits per heavy atom. The third kappa shape index (κ3) is 4.98. The van der Waals surface area contributed by atoms with E-state index in [-0.39, 0.29) is 0 Å². The van der Waals surface area contributed by atoms with Gasteiger partial charge < -0.3 is 10.1 Å². The standard InChI is InChI=1S/C13H27NO/c1-4-5-12(2)10-13(6-7-13)11-14-8-9-15-3/h12,14H,4-11H2,1-3H3. The number of nitrogens with one attached hydrogen (secondary N) is 1. The summed E-state index contributed by atoms with van der Waals surface area (Å²) in [5, 5.41) is 3.51. The van der Waals surface area contributed by atoms with Gasteiger partial charge in [0.15, 0.2) is 0 Å². The van der Waals surface area contributed by atoms with Crippen molar-refractivity contribution in [3.63, 3.8) is 0 Å². The van der Waals surface area contributed by atoms with Crippen molar-refractivity contribution >= 4 is 0 Å². The second-order valence-electron chi connectivity index (χ2n) is 5.27. The summed E-state index contributed by atoms with van der Waals surface area (Å²) < 4.78 is 5.03. The summed E-state index contributed by atoms with van der Waals surface area (Å²) in [5.41, 5.74) is 0.655. The predicted molar refractivity (Wildman–Crippen MR) is 65.1 cm³/mol. The van der Waals surface area contributed by atoms with Gasteiger partial charge in [0.1, 0.15) is 0 Å². The van der Waals surface area contributed by atoms with E-state index in [1.54, 1.807) is 7.11 Å². The van der Waals surface area contributed by atoms with Gasteiger partial charge in [0.25, 0.3) is 0 Å². The van der Waals surface area contributed by atoms with Crippen molar-refractivity contribution in [2.24, 2.45) is 11.3 Å². The first-order valence-corrected chi connectivity index (χ1v) is 6.42. The van der Waals surface area contributed by atoms with Crippen molar-refractivity contribution in [2.75, 3.05) is 26.8 Å². The average Bonchev–Trinajstić information content (AvgIpc) is 2.94. The van der Waals surface area contributed by atoms with Crippen LogP contribution < -0.4 is 5.32 Å². The minimum absolute atomic E-state index is 0.655. The smallest absolute Gasteiger partial charge is 0.0587 e. The fraction of sp³-hybridized carbons (Fsp3) is 1.00. The lowest BCUT2D eigenvalue weighted by Gasteiger charge is -2.20. The Labute approximate surface area is 94.8 Å². The Balaban J connectivity index is 2.10. The Morgan fingerprint density at radius 2 is 2.13 bits per heavy atom. The Hall–Kier alpha value is -0.0800. The second-order valence-corrected chi connectivity index (χ2v) is 5.27. The van der Waals surface area contributed by atoms with E-state index in [4.69, 9.17) is 4.74 Å². The van der Waals surface area contributed by atoms with E-state index in [1.165, 1.54) is 38.6 Å². The molecule has 0 bridgehead atoms. The highest BCUT2D eigenvalue weighted by atomic mass is 16.5. The Bertz CT molecular complexity index is 166. The molecule has 1 atom stereocenters. The quantitative estimate of drug-likeness (QED) is 0.595. The Kier molecular flexibility index (Phi) is 5.62. The summed E-state index contributed by atoms with van der Waals surface area (Å²) in [4.78, 5) is 0. The zero-order valence-corrected chi connectivity index (χ0v) is 10.6. The molecule has 0 amide bonds. The van der Waals surface area contributed by atoms with E-state index in [1.807, 2.05) is 0 Å². The molecule has 1 rings (SSSR count). The number of hydrogen-bond donors (Lipinski definition) is 1. The minimum atomic E-state index is 0.655. The van der Waals surface area contributed by atoms with Crippen molar-refractivity contribution < 1.29 is 4.74 Å². The van der Waals surface area contributed by atoms with E-state index < -0.39 is 0 Å². The number of methoxy groups -OCH3 is 1. The fourth-order valence-electron chi connectivity index (χ4n) is 2.49. The number of ether oxygens (including phenoxy) is 1. The second kappa shape index (κ2) is 6.49. The van der Waals surface area contributed by atoms with Crippen LogP contribution in [0, 0.1) is 11.3 Å². The summed E-state index contributed by atoms with van der Waals surface area (Å²) in [6.45, 7) is 7.72. The van der Waals surface area contributed by atoms with E-state index in [0.717, 1.165) is 19.1 Å². The molecule has 1 fully saturated rings. The van der Waals surface area contributed by atoms with Crippen LogP contribution in [0.25, 0.3) is 0 Å². The molecule has 0 aromatic carbocycles. The van der Waals surface area contributed by atoms with Crippen LogP contribution in [0.3, 0.4) is 0 Å². The third-order valence-electron chi connectivity index (χ3n) is 3.50. The van der Waals surface area contributed by atoms with Gasteiger partial charge in [0.2, 0.25) is 0 Å². The van der Waals surface area contributed by atoms with E-state index >= 15 is 0 Å². The van der Waals surface area contributed by atoms with Gasteiger partial charge in [-0.25, -0.2) is 0 Å². The van der Waals surface area contributed by atoms with Gasteiger partial charge in [-0.15, -0.1) is 0 Å². The van der Waals surface area contributed by atoms with Crippen LogP contribution in [0.4, 0.5) is 0 Å². The maximum atomic E-state index is 5.03. The summed E-state index contributed by atoms with van der Waals surface area (Å²) in [5.74, 6) is 0.904. The summed E-state index contributed by atoms with van der Waals surface area (Å²) >= 11 is 0. The number of hydrogen-bond acceptors (Lipinski definition) is 2. The first-order valence-electron chi connectivity index (χ1n) is 6.42. The van der Waals surface area contributed by atoms with Gasteiger partial charge in [-0.1, -0.05) is 26.7 Å². The summed E-state index contributed by atoms with van der Waals surface area (Å²) in [6, 6.07) is 0. The van der Waals surface area contributed by atoms with Crippen LogP contribution in [0.2, 0.25) is 0 Å². The molecule has 90 valence electrons. The van der Waals surface area contributed by atoms with Gasteiger partial charge in [-0.05, 0) is 30.6 Å². The van der Waals surface area contributed by atoms with Gasteiger partial charge in [0, 0.05) is 20.2 Å². The molecule has 1 aliphatic carbocycles. The molecule has 1 N–H and O–H groups in total. The van der Waals surface area contributed by atoms with Crippen LogP contribution in [-0.4, -0.2) is 26.8 Å². The monoisotopic (exact) mass is 213 g/mol. The van der Waals surface area contributed by atoms with Crippen LogP contribution in [-0.2, 0) is 4.74 Å². The first-order chi connectivity index (χ1) is 7.22. The van der Waals surface area contributed by atoms with Gasteiger partial charge >= 0.3 is 0 Å². The summed E-state index contributed by atoms with van der Waals surface area (Å²) in [7, 11) is 1.76. The lowest BCUT2D eigenvalue weighted by atomic mass is 9.90. The highest BCUT2D eigenvalue weighted by Gasteiger charge is 2.42. The molecule has 0 radical (unpaired) electrons. The van der Waals surface area contributed by atoms with E-state index in [0.29, 0.717) is 5.41 Å². The highest BCUT2D eigenvalue weighted by molar-refractivity contribution is 4.95. The summed E-state index contributed by atoms with van der Waals surface area (Å²) in [6.07, 6.45) is 7.00. The molecule has 2 nitrogen and oxygen atoms in total. The molecular weight excluding hydrogens is 186 g/mol. The molecule has 0 aliphatic heterocycles. The molecule has 1 aliphatic rings. The third-order valence-corrected chi connectivity index (χ3v) is 3.50. The zero-order valence-electron chi connectivity index (χ0n) is 10.6. The highest BCUT2D eigenvalue weighted by Crippen LogP contribution is 2.50. The van der Waals surface area contributed by atoms with Gasteiger partial charge in [-0.3, -0.25) is 0 Å². The molecule has 0 aromatic heterocycles. The van der Waals surface area contributed by atoms with Crippen molar-refractivity contribution in [3.8, 4) is 0 Å². The van der Waals surface area contributed by atoms with Crippen LogP contribution >= 0.6 is 0 Å². The van der Waals surface area contributed by atoms with Crippen LogP contribution in [0.5, 0.6) is 0 Å². The largest absolute Gasteiger partial charge is 0.383 e. The van der Waals surface area contributed by atoms with Crippen LogP contribution in [0.15, 0.2) is 0 Å². The normalized spacial score (nSPS) is 20.2. The molecule has 0 aromatic rings. The fourth-order valence-corrected chi connectivity index (χ4v) is 2.49. The topological polar surface area (TPSA) is 21.3 Å². The average molecular weight is 213 g/mol. The molecular formula is C13H27NO. The minimum Gasteiger partial charge on any atom is -0.383 e. The molecule has 0 heterocycles. The van der Waals surface area contributed by atoms with Crippen molar-refractivity contribution in [1.82, 2.24) is 5.32 Å². The SMILES string of the molecule is CCCC(C)CC1(CNCCOC)CC1. The molecule has 2 heteroatoms. The van der Waals surface area contributed by atoms with Crippen molar-refractivity contribution in [1.29, 1.82) is 0 Å². The van der Waals surface area contributed by atoms with Crippen LogP contribution in [0.1, 0.15) is 46.0 Å². The molecule has 15 heavy (non-hydrogen) atoms. The molecule has 0 spiro atoms. The lowest BCUT2D eigenvalue weighted by molar-refractivity contribution is 0.195.